The topological polar surface area (TPSA) is 75.6 Å². The van der Waals surface area contributed by atoms with Gasteiger partial charge in [-0.3, -0.25) is 9.59 Å². The zero-order chi connectivity index (χ0) is 17.2. The Hall–Kier alpha value is -1.40. The molecule has 1 saturated carbocycles. The number of hydrogen-bond donors (Lipinski definition) is 2. The predicted octanol–water partition coefficient (Wildman–Crippen LogP) is 2.72. The fraction of sp³-hybridized carbons (Fsp3) is 0.556. The van der Waals surface area contributed by atoms with Crippen molar-refractivity contribution in [1.29, 1.82) is 0 Å². The second-order valence-electron chi connectivity index (χ2n) is 6.69. The lowest BCUT2D eigenvalue weighted by molar-refractivity contribution is -0.145. The summed E-state index contributed by atoms with van der Waals surface area (Å²) in [5.74, 6) is -1.36. The molecule has 1 aliphatic heterocycles. The normalized spacial score (nSPS) is 21.0. The van der Waals surface area contributed by atoms with E-state index in [0.29, 0.717) is 13.2 Å². The van der Waals surface area contributed by atoms with E-state index in [1.54, 1.807) is 0 Å². The highest BCUT2D eigenvalue weighted by molar-refractivity contribution is 9.10. The van der Waals surface area contributed by atoms with Crippen LogP contribution in [0.3, 0.4) is 0 Å². The Morgan fingerprint density at radius 1 is 1.25 bits per heavy atom. The number of carbonyl (C=O) groups is 2. The first kappa shape index (κ1) is 17.4. The number of carboxylic acid groups (broad SMARTS) is 1. The molecular weight excluding hydrogens is 374 g/mol. The summed E-state index contributed by atoms with van der Waals surface area (Å²) in [4.78, 5) is 24.3. The maximum atomic E-state index is 12.7. The van der Waals surface area contributed by atoms with E-state index in [-0.39, 0.29) is 18.4 Å². The Bertz CT molecular complexity index is 606. The molecule has 1 aromatic carbocycles. The van der Waals surface area contributed by atoms with Gasteiger partial charge in [-0.2, -0.15) is 0 Å². The maximum Gasteiger partial charge on any atom is 0.308 e. The number of benzene rings is 1. The molecule has 2 aliphatic rings. The molecule has 24 heavy (non-hydrogen) atoms. The highest BCUT2D eigenvalue weighted by Gasteiger charge is 2.51. The third kappa shape index (κ3) is 3.64. The minimum Gasteiger partial charge on any atom is -0.481 e. The van der Waals surface area contributed by atoms with Crippen LogP contribution >= 0.6 is 15.9 Å². The number of carboxylic acids is 1. The highest BCUT2D eigenvalue weighted by atomic mass is 79.9. The minimum atomic E-state index is -0.837. The molecular formula is C18H22BrNO4. The number of rotatable bonds is 6. The number of hydrogen-bond acceptors (Lipinski definition) is 3. The van der Waals surface area contributed by atoms with E-state index < -0.39 is 17.3 Å². The first-order valence-corrected chi connectivity index (χ1v) is 9.17. The van der Waals surface area contributed by atoms with Gasteiger partial charge in [-0.25, -0.2) is 0 Å². The van der Waals surface area contributed by atoms with Crippen LogP contribution < -0.4 is 5.32 Å². The summed E-state index contributed by atoms with van der Waals surface area (Å²) in [6.07, 6.45) is 3.11. The van der Waals surface area contributed by atoms with E-state index in [1.807, 2.05) is 24.3 Å². The molecule has 1 aliphatic carbocycles. The second kappa shape index (κ2) is 7.23. The van der Waals surface area contributed by atoms with Gasteiger partial charge in [0.05, 0.1) is 11.3 Å². The average molecular weight is 396 g/mol. The number of halogens is 1. The Morgan fingerprint density at radius 2 is 1.88 bits per heavy atom. The van der Waals surface area contributed by atoms with E-state index >= 15 is 0 Å². The van der Waals surface area contributed by atoms with Crippen LogP contribution in [-0.4, -0.2) is 36.7 Å². The maximum absolute atomic E-state index is 12.7. The van der Waals surface area contributed by atoms with Crippen molar-refractivity contribution >= 4 is 27.8 Å². The molecule has 5 nitrogen and oxygen atoms in total. The fourth-order valence-electron chi connectivity index (χ4n) is 3.49. The van der Waals surface area contributed by atoms with Crippen LogP contribution in [0.4, 0.5) is 0 Å². The minimum absolute atomic E-state index is 0.0527. The molecule has 0 bridgehead atoms. The van der Waals surface area contributed by atoms with Crippen LogP contribution in [-0.2, 0) is 19.7 Å². The number of amides is 1. The Labute approximate surface area is 149 Å². The lowest BCUT2D eigenvalue weighted by Crippen LogP contribution is -2.42. The number of aliphatic carboxylic acids is 1. The first-order valence-electron chi connectivity index (χ1n) is 8.38. The first-order chi connectivity index (χ1) is 11.5. The van der Waals surface area contributed by atoms with Gasteiger partial charge in [0.1, 0.15) is 0 Å². The van der Waals surface area contributed by atoms with E-state index in [9.17, 15) is 14.7 Å². The standard InChI is InChI=1S/C18H22BrNO4/c19-14-3-1-13(2-4-14)18(7-8-18)17(23)20-11-15(16(21)22)12-5-9-24-10-6-12/h1-4,12,15H,5-11H2,(H,20,23)(H,21,22). The molecule has 2 fully saturated rings. The molecule has 6 heteroatoms. The van der Waals surface area contributed by atoms with Crippen molar-refractivity contribution in [2.75, 3.05) is 19.8 Å². The molecule has 1 heterocycles. The average Bonchev–Trinajstić information content (AvgIpc) is 3.38. The Kier molecular flexibility index (Phi) is 5.25. The van der Waals surface area contributed by atoms with Crippen molar-refractivity contribution in [3.63, 3.8) is 0 Å². The van der Waals surface area contributed by atoms with Crippen LogP contribution in [0.2, 0.25) is 0 Å². The summed E-state index contributed by atoms with van der Waals surface area (Å²) in [5.41, 5.74) is 0.528. The molecule has 0 spiro atoms. The monoisotopic (exact) mass is 395 g/mol. The van der Waals surface area contributed by atoms with Crippen LogP contribution in [0.25, 0.3) is 0 Å². The quantitative estimate of drug-likeness (QED) is 0.776. The van der Waals surface area contributed by atoms with Gasteiger partial charge in [0.25, 0.3) is 0 Å². The molecule has 1 amide bonds. The Balaban J connectivity index is 1.63. The number of nitrogens with one attached hydrogen (secondary N) is 1. The summed E-state index contributed by atoms with van der Waals surface area (Å²) in [5, 5.41) is 12.4. The SMILES string of the molecule is O=C(O)C(CNC(=O)C1(c2ccc(Br)cc2)CC1)C1CCOCC1. The zero-order valence-corrected chi connectivity index (χ0v) is 15.0. The molecule has 3 rings (SSSR count). The largest absolute Gasteiger partial charge is 0.481 e. The molecule has 1 atom stereocenters. The summed E-state index contributed by atoms with van der Waals surface area (Å²) in [6, 6.07) is 7.79. The van der Waals surface area contributed by atoms with Crippen molar-refractivity contribution < 1.29 is 19.4 Å². The van der Waals surface area contributed by atoms with Crippen LogP contribution in [0, 0.1) is 11.8 Å². The van der Waals surface area contributed by atoms with Gasteiger partial charge in [0.15, 0.2) is 0 Å². The van der Waals surface area contributed by atoms with Gasteiger partial charge >= 0.3 is 5.97 Å². The molecule has 1 saturated heterocycles. The molecule has 2 N–H and O–H groups in total. The third-order valence-electron chi connectivity index (χ3n) is 5.22. The molecule has 0 radical (unpaired) electrons. The zero-order valence-electron chi connectivity index (χ0n) is 13.5. The van der Waals surface area contributed by atoms with E-state index in [4.69, 9.17) is 4.74 Å². The highest BCUT2D eigenvalue weighted by Crippen LogP contribution is 2.48. The smallest absolute Gasteiger partial charge is 0.308 e. The molecule has 130 valence electrons. The van der Waals surface area contributed by atoms with Crippen LogP contribution in [0.15, 0.2) is 28.7 Å². The van der Waals surface area contributed by atoms with E-state index in [1.165, 1.54) is 0 Å². The second-order valence-corrected chi connectivity index (χ2v) is 7.61. The molecule has 1 unspecified atom stereocenters. The van der Waals surface area contributed by atoms with Crippen molar-refractivity contribution in [1.82, 2.24) is 5.32 Å². The third-order valence-corrected chi connectivity index (χ3v) is 5.74. The van der Waals surface area contributed by atoms with Gasteiger partial charge < -0.3 is 15.2 Å². The fourth-order valence-corrected chi connectivity index (χ4v) is 3.75. The predicted molar refractivity (Wildman–Crippen MR) is 92.7 cm³/mol. The number of ether oxygens (including phenoxy) is 1. The van der Waals surface area contributed by atoms with Crippen molar-refractivity contribution in [2.24, 2.45) is 11.8 Å². The van der Waals surface area contributed by atoms with E-state index in [2.05, 4.69) is 21.2 Å². The van der Waals surface area contributed by atoms with Gasteiger partial charge in [-0.1, -0.05) is 28.1 Å². The van der Waals surface area contributed by atoms with Crippen molar-refractivity contribution in [2.45, 2.75) is 31.1 Å². The van der Waals surface area contributed by atoms with Gasteiger partial charge in [0.2, 0.25) is 5.91 Å². The lowest BCUT2D eigenvalue weighted by Gasteiger charge is -2.28. The van der Waals surface area contributed by atoms with Crippen molar-refractivity contribution in [3.8, 4) is 0 Å². The molecule has 1 aromatic rings. The number of carbonyl (C=O) groups excluding carboxylic acids is 1. The van der Waals surface area contributed by atoms with Crippen LogP contribution in [0.5, 0.6) is 0 Å². The summed E-state index contributed by atoms with van der Waals surface area (Å²) < 4.78 is 6.28. The molecule has 0 aromatic heterocycles. The van der Waals surface area contributed by atoms with Crippen molar-refractivity contribution in [3.05, 3.63) is 34.3 Å². The van der Waals surface area contributed by atoms with Crippen LogP contribution in [0.1, 0.15) is 31.2 Å². The summed E-state index contributed by atoms with van der Waals surface area (Å²) in [6.45, 7) is 1.40. The van der Waals surface area contributed by atoms with E-state index in [0.717, 1.165) is 35.7 Å². The van der Waals surface area contributed by atoms with Gasteiger partial charge in [-0.15, -0.1) is 0 Å². The van der Waals surface area contributed by atoms with Gasteiger partial charge in [-0.05, 0) is 49.3 Å². The lowest BCUT2D eigenvalue weighted by atomic mass is 9.85. The summed E-state index contributed by atoms with van der Waals surface area (Å²) >= 11 is 3.40. The summed E-state index contributed by atoms with van der Waals surface area (Å²) in [7, 11) is 0. The Morgan fingerprint density at radius 3 is 2.42 bits per heavy atom. The van der Waals surface area contributed by atoms with Gasteiger partial charge in [0, 0.05) is 24.2 Å².